The van der Waals surface area contributed by atoms with Crippen molar-refractivity contribution in [2.45, 2.75) is 26.3 Å². The number of carbonyl (C=O) groups excluding carboxylic acids is 1. The number of nitrogens with one attached hydrogen (secondary N) is 2. The van der Waals surface area contributed by atoms with Crippen molar-refractivity contribution in [1.29, 1.82) is 0 Å². The summed E-state index contributed by atoms with van der Waals surface area (Å²) < 4.78 is 0. The summed E-state index contributed by atoms with van der Waals surface area (Å²) in [5, 5.41) is 3.77. The zero-order valence-electron chi connectivity index (χ0n) is 13.7. The van der Waals surface area contributed by atoms with Gasteiger partial charge in [0.05, 0.1) is 5.92 Å². The molecule has 0 bridgehead atoms. The number of H-pyrrole nitrogens is 1. The minimum atomic E-state index is -0.0369. The van der Waals surface area contributed by atoms with E-state index in [0.717, 1.165) is 41.4 Å². The Hall–Kier alpha value is -2.14. The van der Waals surface area contributed by atoms with Gasteiger partial charge in [-0.1, -0.05) is 12.1 Å². The molecule has 1 atom stereocenters. The van der Waals surface area contributed by atoms with Gasteiger partial charge in [-0.3, -0.25) is 14.5 Å². The summed E-state index contributed by atoms with van der Waals surface area (Å²) in [5.41, 5.74) is 2.73. The van der Waals surface area contributed by atoms with Gasteiger partial charge in [-0.25, -0.2) is 0 Å². The molecule has 122 valence electrons. The van der Waals surface area contributed by atoms with Gasteiger partial charge in [0.1, 0.15) is 0 Å². The first-order valence-corrected chi connectivity index (χ1v) is 8.13. The van der Waals surface area contributed by atoms with E-state index in [2.05, 4.69) is 15.2 Å². The first kappa shape index (κ1) is 15.7. The molecule has 5 heteroatoms. The van der Waals surface area contributed by atoms with Crippen molar-refractivity contribution in [3.05, 3.63) is 45.7 Å². The van der Waals surface area contributed by atoms with E-state index in [1.54, 1.807) is 7.05 Å². The van der Waals surface area contributed by atoms with Crippen molar-refractivity contribution in [2.75, 3.05) is 20.1 Å². The molecule has 2 heterocycles. The van der Waals surface area contributed by atoms with Crippen LogP contribution in [0, 0.1) is 12.8 Å². The van der Waals surface area contributed by atoms with Crippen molar-refractivity contribution in [2.24, 2.45) is 5.92 Å². The van der Waals surface area contributed by atoms with Gasteiger partial charge in [0, 0.05) is 31.2 Å². The number of likely N-dealkylation sites (tertiary alicyclic amines) is 1. The minimum Gasteiger partial charge on any atom is -0.359 e. The maximum absolute atomic E-state index is 12.3. The minimum absolute atomic E-state index is 0.0240. The maximum Gasteiger partial charge on any atom is 0.252 e. The van der Waals surface area contributed by atoms with Crippen LogP contribution in [-0.2, 0) is 11.3 Å². The van der Waals surface area contributed by atoms with Crippen molar-refractivity contribution < 1.29 is 4.79 Å². The van der Waals surface area contributed by atoms with Crippen molar-refractivity contribution in [1.82, 2.24) is 15.2 Å². The van der Waals surface area contributed by atoms with Gasteiger partial charge in [0.2, 0.25) is 5.91 Å². The van der Waals surface area contributed by atoms with Crippen LogP contribution >= 0.6 is 0 Å². The molecule has 1 amide bonds. The molecule has 1 aromatic heterocycles. The number of rotatable bonds is 3. The second-order valence-electron chi connectivity index (χ2n) is 6.40. The van der Waals surface area contributed by atoms with E-state index in [4.69, 9.17) is 0 Å². The first-order chi connectivity index (χ1) is 11.1. The lowest BCUT2D eigenvalue weighted by Crippen LogP contribution is -2.42. The Morgan fingerprint density at radius 3 is 3.00 bits per heavy atom. The Balaban J connectivity index is 1.81. The Morgan fingerprint density at radius 1 is 1.39 bits per heavy atom. The molecule has 0 unspecified atom stereocenters. The van der Waals surface area contributed by atoms with E-state index in [1.165, 1.54) is 0 Å². The zero-order valence-corrected chi connectivity index (χ0v) is 13.7. The Morgan fingerprint density at radius 2 is 2.22 bits per heavy atom. The number of carbonyl (C=O) groups is 1. The molecule has 0 spiro atoms. The number of pyridine rings is 1. The van der Waals surface area contributed by atoms with Crippen LogP contribution < -0.4 is 10.9 Å². The van der Waals surface area contributed by atoms with E-state index in [0.29, 0.717) is 13.1 Å². The van der Waals surface area contributed by atoms with Crippen LogP contribution in [0.3, 0.4) is 0 Å². The third-order valence-corrected chi connectivity index (χ3v) is 4.60. The molecule has 1 aliphatic heterocycles. The fourth-order valence-electron chi connectivity index (χ4n) is 3.34. The average Bonchev–Trinajstić information content (AvgIpc) is 2.55. The Kier molecular flexibility index (Phi) is 4.48. The average molecular weight is 313 g/mol. The predicted octanol–water partition coefficient (Wildman–Crippen LogP) is 1.79. The fraction of sp³-hybridized carbons (Fsp3) is 0.444. The molecule has 1 fully saturated rings. The Bertz CT molecular complexity index is 781. The third-order valence-electron chi connectivity index (χ3n) is 4.60. The van der Waals surface area contributed by atoms with E-state index in [1.807, 2.05) is 31.2 Å². The van der Waals surface area contributed by atoms with Crippen molar-refractivity contribution in [3.8, 4) is 0 Å². The summed E-state index contributed by atoms with van der Waals surface area (Å²) >= 11 is 0. The molecule has 1 aromatic carbocycles. The smallest absolute Gasteiger partial charge is 0.252 e. The number of piperidine rings is 1. The van der Waals surface area contributed by atoms with Gasteiger partial charge in [0.15, 0.2) is 0 Å². The lowest BCUT2D eigenvalue weighted by Gasteiger charge is -2.31. The molecule has 5 nitrogen and oxygen atoms in total. The van der Waals surface area contributed by atoms with Crippen LogP contribution in [0.5, 0.6) is 0 Å². The van der Waals surface area contributed by atoms with Gasteiger partial charge in [-0.05, 0) is 49.4 Å². The predicted molar refractivity (Wildman–Crippen MR) is 91.4 cm³/mol. The summed E-state index contributed by atoms with van der Waals surface area (Å²) in [7, 11) is 1.68. The molecule has 0 radical (unpaired) electrons. The summed E-state index contributed by atoms with van der Waals surface area (Å²) in [5.74, 6) is 0.119. The largest absolute Gasteiger partial charge is 0.359 e. The lowest BCUT2D eigenvalue weighted by molar-refractivity contribution is -0.126. The van der Waals surface area contributed by atoms with Crippen molar-refractivity contribution in [3.63, 3.8) is 0 Å². The highest BCUT2D eigenvalue weighted by Gasteiger charge is 2.25. The molecular formula is C18H23N3O2. The maximum atomic E-state index is 12.3. The highest BCUT2D eigenvalue weighted by Crippen LogP contribution is 2.19. The SMILES string of the molecule is CNC(=O)[C@H]1CCCN(Cc2cc3ccc(C)cc3[nH]c2=O)C1. The summed E-state index contributed by atoms with van der Waals surface area (Å²) in [4.78, 5) is 29.3. The molecular weight excluding hydrogens is 290 g/mol. The molecule has 2 aromatic rings. The second kappa shape index (κ2) is 6.54. The number of aromatic nitrogens is 1. The second-order valence-corrected chi connectivity index (χ2v) is 6.40. The van der Waals surface area contributed by atoms with Gasteiger partial charge >= 0.3 is 0 Å². The quantitative estimate of drug-likeness (QED) is 0.908. The number of amides is 1. The molecule has 1 saturated heterocycles. The molecule has 23 heavy (non-hydrogen) atoms. The first-order valence-electron chi connectivity index (χ1n) is 8.13. The van der Waals surface area contributed by atoms with E-state index >= 15 is 0 Å². The van der Waals surface area contributed by atoms with Crippen LogP contribution in [0.4, 0.5) is 0 Å². The monoisotopic (exact) mass is 313 g/mol. The number of aryl methyl sites for hydroxylation is 1. The fourth-order valence-corrected chi connectivity index (χ4v) is 3.34. The number of fused-ring (bicyclic) bond motifs is 1. The van der Waals surface area contributed by atoms with Gasteiger partial charge < -0.3 is 10.3 Å². The molecule has 1 aliphatic rings. The molecule has 0 saturated carbocycles. The topological polar surface area (TPSA) is 65.2 Å². The highest BCUT2D eigenvalue weighted by molar-refractivity contribution is 5.79. The lowest BCUT2D eigenvalue weighted by atomic mass is 9.97. The van der Waals surface area contributed by atoms with Crippen LogP contribution in [0.25, 0.3) is 10.9 Å². The third kappa shape index (κ3) is 3.45. The molecule has 2 N–H and O–H groups in total. The number of hydrogen-bond acceptors (Lipinski definition) is 3. The van der Waals surface area contributed by atoms with Crippen LogP contribution in [0.2, 0.25) is 0 Å². The molecule has 0 aliphatic carbocycles. The summed E-state index contributed by atoms with van der Waals surface area (Å²) in [6.07, 6.45) is 1.91. The van der Waals surface area contributed by atoms with Crippen molar-refractivity contribution >= 4 is 16.8 Å². The highest BCUT2D eigenvalue weighted by atomic mass is 16.1. The number of hydrogen-bond donors (Lipinski definition) is 2. The number of benzene rings is 1. The number of nitrogens with zero attached hydrogens (tertiary/aromatic N) is 1. The Labute approximate surface area is 135 Å². The standard InChI is InChI=1S/C18H23N3O2/c1-12-5-6-13-9-15(18(23)20-16(13)8-12)11-21-7-3-4-14(10-21)17(22)19-2/h5-6,8-9,14H,3-4,7,10-11H2,1-2H3,(H,19,22)(H,20,23)/t14-/m0/s1. The van der Waals surface area contributed by atoms with Crippen LogP contribution in [0.1, 0.15) is 24.0 Å². The van der Waals surface area contributed by atoms with Crippen LogP contribution in [-0.4, -0.2) is 35.9 Å². The van der Waals surface area contributed by atoms with E-state index < -0.39 is 0 Å². The van der Waals surface area contributed by atoms with Gasteiger partial charge in [0.25, 0.3) is 5.56 Å². The van der Waals surface area contributed by atoms with Gasteiger partial charge in [-0.2, -0.15) is 0 Å². The molecule has 3 rings (SSSR count). The zero-order chi connectivity index (χ0) is 16.4. The summed E-state index contributed by atoms with van der Waals surface area (Å²) in [6.45, 7) is 4.24. The van der Waals surface area contributed by atoms with E-state index in [-0.39, 0.29) is 17.4 Å². The normalized spacial score (nSPS) is 19.0. The summed E-state index contributed by atoms with van der Waals surface area (Å²) in [6, 6.07) is 8.04. The number of aromatic amines is 1. The van der Waals surface area contributed by atoms with Crippen LogP contribution in [0.15, 0.2) is 29.1 Å². The van der Waals surface area contributed by atoms with E-state index in [9.17, 15) is 9.59 Å². The van der Waals surface area contributed by atoms with Gasteiger partial charge in [-0.15, -0.1) is 0 Å².